The van der Waals surface area contributed by atoms with Crippen LogP contribution in [0.15, 0.2) is 28.7 Å². The van der Waals surface area contributed by atoms with E-state index in [1.54, 1.807) is 0 Å². The number of hydrogen-bond donors (Lipinski definition) is 1. The summed E-state index contributed by atoms with van der Waals surface area (Å²) in [4.78, 5) is 0. The third kappa shape index (κ3) is 2.80. The number of hydrogen-bond acceptors (Lipinski definition) is 2. The Balaban J connectivity index is 2.44. The average Bonchev–Trinajstić information content (AvgIpc) is 2.78. The molecule has 20 heavy (non-hydrogen) atoms. The van der Waals surface area contributed by atoms with Gasteiger partial charge in [0.15, 0.2) is 0 Å². The molecule has 2 nitrogen and oxygen atoms in total. The molecule has 0 aliphatic carbocycles. The van der Waals surface area contributed by atoms with Gasteiger partial charge < -0.3 is 9.73 Å². The van der Waals surface area contributed by atoms with Crippen LogP contribution < -0.4 is 5.32 Å². The van der Waals surface area contributed by atoms with Crippen LogP contribution in [-0.4, -0.2) is 7.05 Å². The zero-order valence-corrected chi connectivity index (χ0v) is 13.2. The average molecular weight is 271 g/mol. The van der Waals surface area contributed by atoms with Crippen molar-refractivity contribution < 1.29 is 4.42 Å². The molecular formula is C18H25NO. The lowest BCUT2D eigenvalue weighted by Crippen LogP contribution is -2.18. The molecule has 2 aromatic rings. The van der Waals surface area contributed by atoms with Gasteiger partial charge in [-0.15, -0.1) is 0 Å². The highest BCUT2D eigenvalue weighted by Gasteiger charge is 2.18. The number of aryl methyl sites for hydroxylation is 4. The maximum absolute atomic E-state index is 5.68. The lowest BCUT2D eigenvalue weighted by molar-refractivity contribution is 0.497. The summed E-state index contributed by atoms with van der Waals surface area (Å²) in [6, 6.07) is 9.17. The van der Waals surface area contributed by atoms with E-state index in [2.05, 4.69) is 43.4 Å². The third-order valence-electron chi connectivity index (χ3n) is 4.00. The Morgan fingerprint density at radius 2 is 1.75 bits per heavy atom. The molecule has 0 radical (unpaired) electrons. The van der Waals surface area contributed by atoms with Crippen LogP contribution >= 0.6 is 0 Å². The fraction of sp³-hybridized carbons (Fsp3) is 0.444. The molecular weight excluding hydrogens is 246 g/mol. The predicted molar refractivity (Wildman–Crippen MR) is 84.3 cm³/mol. The quantitative estimate of drug-likeness (QED) is 0.875. The molecule has 108 valence electrons. The summed E-state index contributed by atoms with van der Waals surface area (Å²) in [6.45, 7) is 8.47. The van der Waals surface area contributed by atoms with Gasteiger partial charge in [-0.25, -0.2) is 0 Å². The van der Waals surface area contributed by atoms with E-state index < -0.39 is 0 Å². The normalized spacial score (nSPS) is 12.7. The molecule has 2 heteroatoms. The number of benzene rings is 1. The topological polar surface area (TPSA) is 25.2 Å². The summed E-state index contributed by atoms with van der Waals surface area (Å²) in [5.74, 6) is 1.97. The molecule has 1 heterocycles. The SMILES string of the molecule is CCc1ccc(C(NC)c2cc(C)oc2C)cc1CC. The molecule has 0 aliphatic rings. The molecule has 2 rings (SSSR count). The van der Waals surface area contributed by atoms with E-state index in [1.165, 1.54) is 22.3 Å². The van der Waals surface area contributed by atoms with Gasteiger partial charge in [0.1, 0.15) is 11.5 Å². The maximum atomic E-state index is 5.68. The van der Waals surface area contributed by atoms with Gasteiger partial charge in [-0.3, -0.25) is 0 Å². The Bertz CT molecular complexity index is 583. The summed E-state index contributed by atoms with van der Waals surface area (Å²) in [7, 11) is 2.01. The Morgan fingerprint density at radius 1 is 1.05 bits per heavy atom. The Labute approximate surface area is 122 Å². The maximum Gasteiger partial charge on any atom is 0.106 e. The first-order valence-corrected chi connectivity index (χ1v) is 7.46. The molecule has 0 saturated carbocycles. The second kappa shape index (κ2) is 6.27. The highest BCUT2D eigenvalue weighted by atomic mass is 16.3. The summed E-state index contributed by atoms with van der Waals surface area (Å²) in [5, 5.41) is 3.42. The summed E-state index contributed by atoms with van der Waals surface area (Å²) in [6.07, 6.45) is 2.17. The van der Waals surface area contributed by atoms with Crippen molar-refractivity contribution in [3.8, 4) is 0 Å². The number of rotatable bonds is 5. The van der Waals surface area contributed by atoms with Crippen LogP contribution in [0.1, 0.15) is 53.7 Å². The van der Waals surface area contributed by atoms with Crippen LogP contribution in [-0.2, 0) is 12.8 Å². The molecule has 0 saturated heterocycles. The molecule has 0 amide bonds. The summed E-state index contributed by atoms with van der Waals surface area (Å²) in [5.41, 5.74) is 5.44. The second-order valence-electron chi connectivity index (χ2n) is 5.33. The smallest absolute Gasteiger partial charge is 0.106 e. The molecule has 1 N–H and O–H groups in total. The van der Waals surface area contributed by atoms with Crippen molar-refractivity contribution in [2.45, 2.75) is 46.6 Å². The van der Waals surface area contributed by atoms with Crippen LogP contribution in [0.5, 0.6) is 0 Å². The van der Waals surface area contributed by atoms with Crippen LogP contribution in [0, 0.1) is 13.8 Å². The van der Waals surface area contributed by atoms with E-state index in [9.17, 15) is 0 Å². The zero-order valence-electron chi connectivity index (χ0n) is 13.2. The zero-order chi connectivity index (χ0) is 14.7. The van der Waals surface area contributed by atoms with Crippen molar-refractivity contribution in [1.29, 1.82) is 0 Å². The molecule has 1 unspecified atom stereocenters. The van der Waals surface area contributed by atoms with Gasteiger partial charge in [-0.05, 0) is 56.5 Å². The van der Waals surface area contributed by atoms with Crippen LogP contribution in [0.2, 0.25) is 0 Å². The minimum Gasteiger partial charge on any atom is -0.466 e. The predicted octanol–water partition coefficient (Wildman–Crippen LogP) is 4.33. The first kappa shape index (κ1) is 14.9. The van der Waals surface area contributed by atoms with E-state index in [-0.39, 0.29) is 6.04 Å². The standard InChI is InChI=1S/C18H25NO/c1-6-14-8-9-16(11-15(14)7-2)18(19-5)17-10-12(3)20-13(17)4/h8-11,18-19H,6-7H2,1-5H3. The molecule has 0 bridgehead atoms. The van der Waals surface area contributed by atoms with Gasteiger partial charge in [0.2, 0.25) is 0 Å². The van der Waals surface area contributed by atoms with E-state index in [1.807, 2.05) is 20.9 Å². The Hall–Kier alpha value is -1.54. The fourth-order valence-corrected chi connectivity index (χ4v) is 2.94. The van der Waals surface area contributed by atoms with E-state index >= 15 is 0 Å². The third-order valence-corrected chi connectivity index (χ3v) is 4.00. The second-order valence-corrected chi connectivity index (χ2v) is 5.33. The van der Waals surface area contributed by atoms with Crippen molar-refractivity contribution in [1.82, 2.24) is 5.32 Å². The minimum absolute atomic E-state index is 0.198. The summed E-state index contributed by atoms with van der Waals surface area (Å²) < 4.78 is 5.68. The lowest BCUT2D eigenvalue weighted by atomic mass is 9.93. The lowest BCUT2D eigenvalue weighted by Gasteiger charge is -2.18. The van der Waals surface area contributed by atoms with E-state index in [4.69, 9.17) is 4.42 Å². The van der Waals surface area contributed by atoms with Crippen molar-refractivity contribution >= 4 is 0 Å². The first-order chi connectivity index (χ1) is 9.60. The molecule has 0 spiro atoms. The largest absolute Gasteiger partial charge is 0.466 e. The highest BCUT2D eigenvalue weighted by molar-refractivity contribution is 5.39. The van der Waals surface area contributed by atoms with Crippen molar-refractivity contribution in [2.24, 2.45) is 0 Å². The Morgan fingerprint density at radius 3 is 2.25 bits per heavy atom. The van der Waals surface area contributed by atoms with Gasteiger partial charge in [0.05, 0.1) is 6.04 Å². The van der Waals surface area contributed by atoms with Crippen LogP contribution in [0.25, 0.3) is 0 Å². The van der Waals surface area contributed by atoms with Gasteiger partial charge in [0, 0.05) is 5.56 Å². The highest BCUT2D eigenvalue weighted by Crippen LogP contribution is 2.28. The summed E-state index contributed by atoms with van der Waals surface area (Å²) >= 11 is 0. The van der Waals surface area contributed by atoms with E-state index in [0.29, 0.717) is 0 Å². The van der Waals surface area contributed by atoms with Crippen molar-refractivity contribution in [2.75, 3.05) is 7.05 Å². The monoisotopic (exact) mass is 271 g/mol. The van der Waals surface area contributed by atoms with E-state index in [0.717, 1.165) is 24.4 Å². The van der Waals surface area contributed by atoms with Crippen LogP contribution in [0.4, 0.5) is 0 Å². The van der Waals surface area contributed by atoms with Crippen LogP contribution in [0.3, 0.4) is 0 Å². The van der Waals surface area contributed by atoms with Gasteiger partial charge >= 0.3 is 0 Å². The minimum atomic E-state index is 0.198. The van der Waals surface area contributed by atoms with Crippen molar-refractivity contribution in [3.05, 3.63) is 58.0 Å². The van der Waals surface area contributed by atoms with Gasteiger partial charge in [-0.1, -0.05) is 32.0 Å². The number of furan rings is 1. The fourth-order valence-electron chi connectivity index (χ4n) is 2.94. The number of nitrogens with one attached hydrogen (secondary N) is 1. The first-order valence-electron chi connectivity index (χ1n) is 7.46. The molecule has 0 aliphatic heterocycles. The molecule has 1 aromatic carbocycles. The Kier molecular flexibility index (Phi) is 4.66. The van der Waals surface area contributed by atoms with Crippen molar-refractivity contribution in [3.63, 3.8) is 0 Å². The molecule has 1 atom stereocenters. The van der Waals surface area contributed by atoms with Gasteiger partial charge in [-0.2, -0.15) is 0 Å². The molecule has 1 aromatic heterocycles. The molecule has 0 fully saturated rings. The van der Waals surface area contributed by atoms with Gasteiger partial charge in [0.25, 0.3) is 0 Å².